The molecule has 0 aliphatic rings. The van der Waals surface area contributed by atoms with Crippen molar-refractivity contribution in [2.24, 2.45) is 0 Å². The quantitative estimate of drug-likeness (QED) is 0.399. The molecule has 142 valence electrons. The molecule has 0 fully saturated rings. The van der Waals surface area contributed by atoms with Gasteiger partial charge >= 0.3 is 5.97 Å². The first-order valence-corrected chi connectivity index (χ1v) is 8.99. The van der Waals surface area contributed by atoms with Crippen LogP contribution in [0.1, 0.15) is 28.8 Å². The molecule has 2 rings (SSSR count). The molecular formula is C21H22ClNO4. The molecule has 0 atom stereocenters. The van der Waals surface area contributed by atoms with Crippen LogP contribution in [-0.4, -0.2) is 32.1 Å². The Balaban J connectivity index is 1.62. The summed E-state index contributed by atoms with van der Waals surface area (Å²) in [6.07, 6.45) is 4.82. The zero-order valence-corrected chi connectivity index (χ0v) is 15.9. The molecular weight excluding hydrogens is 366 g/mol. The highest BCUT2D eigenvalue weighted by molar-refractivity contribution is 6.30. The number of hydrogen-bond donors (Lipinski definition) is 1. The van der Waals surface area contributed by atoms with Crippen molar-refractivity contribution >= 4 is 29.6 Å². The predicted octanol–water partition coefficient (Wildman–Crippen LogP) is 4.12. The van der Waals surface area contributed by atoms with E-state index in [0.717, 1.165) is 24.2 Å². The second-order valence-corrected chi connectivity index (χ2v) is 6.18. The molecule has 6 heteroatoms. The van der Waals surface area contributed by atoms with Gasteiger partial charge in [0.05, 0.1) is 19.3 Å². The van der Waals surface area contributed by atoms with Crippen LogP contribution in [0.25, 0.3) is 6.08 Å². The summed E-state index contributed by atoms with van der Waals surface area (Å²) in [6.45, 7) is 1.16. The maximum atomic E-state index is 11.8. The molecule has 0 saturated carbocycles. The second kappa shape index (κ2) is 11.0. The smallest absolute Gasteiger partial charge is 0.337 e. The van der Waals surface area contributed by atoms with Crippen LogP contribution < -0.4 is 10.1 Å². The fraction of sp³-hybridized carbons (Fsp3) is 0.238. The van der Waals surface area contributed by atoms with Crippen molar-refractivity contribution in [1.82, 2.24) is 5.32 Å². The van der Waals surface area contributed by atoms with E-state index in [2.05, 4.69) is 10.1 Å². The normalized spacial score (nSPS) is 10.6. The van der Waals surface area contributed by atoms with Gasteiger partial charge in [0.2, 0.25) is 5.91 Å². The summed E-state index contributed by atoms with van der Waals surface area (Å²) < 4.78 is 10.2. The van der Waals surface area contributed by atoms with E-state index in [9.17, 15) is 9.59 Å². The molecule has 0 aromatic heterocycles. The number of carbonyl (C=O) groups is 2. The highest BCUT2D eigenvalue weighted by atomic mass is 35.5. The van der Waals surface area contributed by atoms with Gasteiger partial charge in [0, 0.05) is 17.6 Å². The lowest BCUT2D eigenvalue weighted by atomic mass is 10.1. The van der Waals surface area contributed by atoms with Crippen molar-refractivity contribution in [2.75, 3.05) is 20.3 Å². The number of benzene rings is 2. The fourth-order valence-corrected chi connectivity index (χ4v) is 2.36. The molecule has 27 heavy (non-hydrogen) atoms. The first-order valence-electron chi connectivity index (χ1n) is 8.61. The fourth-order valence-electron chi connectivity index (χ4n) is 2.24. The predicted molar refractivity (Wildman–Crippen MR) is 106 cm³/mol. The Bertz CT molecular complexity index is 770. The Morgan fingerprint density at radius 1 is 1.04 bits per heavy atom. The lowest BCUT2D eigenvalue weighted by molar-refractivity contribution is -0.116. The molecule has 0 spiro atoms. The standard InChI is InChI=1S/C21H22ClNO4/c1-26-21(25)17-7-4-16(5-8-17)6-13-20(24)23-14-2-3-15-27-19-11-9-18(22)10-12-19/h4-13H,2-3,14-15H2,1H3,(H,23,24)/b13-6+. The number of hydrogen-bond acceptors (Lipinski definition) is 4. The Labute approximate surface area is 163 Å². The number of methoxy groups -OCH3 is 1. The zero-order chi connectivity index (χ0) is 19.5. The number of halogens is 1. The summed E-state index contributed by atoms with van der Waals surface area (Å²) in [7, 11) is 1.34. The zero-order valence-electron chi connectivity index (χ0n) is 15.1. The number of rotatable bonds is 9. The van der Waals surface area contributed by atoms with Gasteiger partial charge in [-0.25, -0.2) is 4.79 Å². The number of unbranched alkanes of at least 4 members (excludes halogenated alkanes) is 1. The third-order valence-corrected chi connectivity index (χ3v) is 3.96. The maximum Gasteiger partial charge on any atom is 0.337 e. The summed E-state index contributed by atoms with van der Waals surface area (Å²) in [6, 6.07) is 14.0. The minimum absolute atomic E-state index is 0.161. The van der Waals surface area contributed by atoms with Gasteiger partial charge in [-0.1, -0.05) is 23.7 Å². The Kier molecular flexibility index (Phi) is 8.39. The van der Waals surface area contributed by atoms with Gasteiger partial charge in [0.1, 0.15) is 5.75 Å². The number of ether oxygens (including phenoxy) is 2. The van der Waals surface area contributed by atoms with Crippen molar-refractivity contribution in [1.29, 1.82) is 0 Å². The highest BCUT2D eigenvalue weighted by Crippen LogP contribution is 2.15. The van der Waals surface area contributed by atoms with Crippen molar-refractivity contribution in [3.63, 3.8) is 0 Å². The van der Waals surface area contributed by atoms with Crippen molar-refractivity contribution in [3.05, 3.63) is 70.8 Å². The Morgan fingerprint density at radius 2 is 1.74 bits per heavy atom. The molecule has 2 aromatic carbocycles. The van der Waals surface area contributed by atoms with Gasteiger partial charge in [-0.2, -0.15) is 0 Å². The van der Waals surface area contributed by atoms with Crippen molar-refractivity contribution < 1.29 is 19.1 Å². The van der Waals surface area contributed by atoms with Gasteiger partial charge in [-0.3, -0.25) is 4.79 Å². The van der Waals surface area contributed by atoms with Crippen molar-refractivity contribution in [3.8, 4) is 5.75 Å². The van der Waals surface area contributed by atoms with E-state index in [4.69, 9.17) is 16.3 Å². The van der Waals surface area contributed by atoms with Crippen LogP contribution in [-0.2, 0) is 9.53 Å². The van der Waals surface area contributed by atoms with Crippen LogP contribution in [0, 0.1) is 0 Å². The van der Waals surface area contributed by atoms with Gasteiger partial charge in [-0.15, -0.1) is 0 Å². The van der Waals surface area contributed by atoms with E-state index in [1.54, 1.807) is 42.5 Å². The minimum atomic E-state index is -0.386. The molecule has 1 amide bonds. The lowest BCUT2D eigenvalue weighted by Gasteiger charge is -2.06. The maximum absolute atomic E-state index is 11.8. The number of amides is 1. The van der Waals surface area contributed by atoms with E-state index < -0.39 is 0 Å². The van der Waals surface area contributed by atoms with Crippen LogP contribution in [0.4, 0.5) is 0 Å². The van der Waals surface area contributed by atoms with Crippen LogP contribution >= 0.6 is 11.6 Å². The summed E-state index contributed by atoms with van der Waals surface area (Å²) >= 11 is 5.81. The van der Waals surface area contributed by atoms with Gasteiger partial charge in [0.25, 0.3) is 0 Å². The molecule has 0 saturated heterocycles. The second-order valence-electron chi connectivity index (χ2n) is 5.75. The van der Waals surface area contributed by atoms with E-state index >= 15 is 0 Å². The van der Waals surface area contributed by atoms with Gasteiger partial charge in [0.15, 0.2) is 0 Å². The third-order valence-electron chi connectivity index (χ3n) is 3.71. The monoisotopic (exact) mass is 387 g/mol. The number of nitrogens with one attached hydrogen (secondary N) is 1. The molecule has 0 radical (unpaired) electrons. The third kappa shape index (κ3) is 7.54. The van der Waals surface area contributed by atoms with Crippen LogP contribution in [0.5, 0.6) is 5.75 Å². The minimum Gasteiger partial charge on any atom is -0.494 e. The largest absolute Gasteiger partial charge is 0.494 e. The summed E-state index contributed by atoms with van der Waals surface area (Å²) in [5.74, 6) is 0.235. The van der Waals surface area contributed by atoms with Gasteiger partial charge < -0.3 is 14.8 Å². The van der Waals surface area contributed by atoms with E-state index in [0.29, 0.717) is 23.7 Å². The highest BCUT2D eigenvalue weighted by Gasteiger charge is 2.03. The molecule has 0 bridgehead atoms. The molecule has 1 N–H and O–H groups in total. The summed E-state index contributed by atoms with van der Waals surface area (Å²) in [5, 5.41) is 3.50. The average molecular weight is 388 g/mol. The number of carbonyl (C=O) groups excluding carboxylic acids is 2. The van der Waals surface area contributed by atoms with Gasteiger partial charge in [-0.05, 0) is 60.9 Å². The summed E-state index contributed by atoms with van der Waals surface area (Å²) in [4.78, 5) is 23.2. The van der Waals surface area contributed by atoms with E-state index in [1.165, 1.54) is 13.2 Å². The first-order chi connectivity index (χ1) is 13.1. The average Bonchev–Trinajstić information content (AvgIpc) is 2.70. The van der Waals surface area contributed by atoms with Crippen LogP contribution in [0.3, 0.4) is 0 Å². The SMILES string of the molecule is COC(=O)c1ccc(/C=C/C(=O)NCCCCOc2ccc(Cl)cc2)cc1. The molecule has 0 unspecified atom stereocenters. The number of esters is 1. The van der Waals surface area contributed by atoms with Crippen molar-refractivity contribution in [2.45, 2.75) is 12.8 Å². The Hall–Kier alpha value is -2.79. The van der Waals surface area contributed by atoms with E-state index in [-0.39, 0.29) is 11.9 Å². The van der Waals surface area contributed by atoms with Crippen LogP contribution in [0.15, 0.2) is 54.6 Å². The topological polar surface area (TPSA) is 64.6 Å². The van der Waals surface area contributed by atoms with E-state index in [1.807, 2.05) is 12.1 Å². The lowest BCUT2D eigenvalue weighted by Crippen LogP contribution is -2.22. The molecule has 2 aromatic rings. The Morgan fingerprint density at radius 3 is 2.41 bits per heavy atom. The first kappa shape index (κ1) is 20.5. The molecule has 0 aliphatic heterocycles. The molecule has 0 aliphatic carbocycles. The van der Waals surface area contributed by atoms with Crippen LogP contribution in [0.2, 0.25) is 5.02 Å². The molecule has 5 nitrogen and oxygen atoms in total. The summed E-state index contributed by atoms with van der Waals surface area (Å²) in [5.41, 5.74) is 1.30. The molecule has 0 heterocycles.